The van der Waals surface area contributed by atoms with E-state index in [1.54, 1.807) is 6.07 Å². The lowest BCUT2D eigenvalue weighted by atomic mass is 10.1. The first-order valence-corrected chi connectivity index (χ1v) is 8.16. The largest absolute Gasteiger partial charge is 0.456 e. The number of aromatic nitrogens is 2. The van der Waals surface area contributed by atoms with E-state index < -0.39 is 16.4 Å². The third kappa shape index (κ3) is 3.12. The second-order valence-electron chi connectivity index (χ2n) is 5.89. The van der Waals surface area contributed by atoms with Gasteiger partial charge in [-0.05, 0) is 36.4 Å². The van der Waals surface area contributed by atoms with Gasteiger partial charge in [-0.2, -0.15) is 5.26 Å². The van der Waals surface area contributed by atoms with Crippen LogP contribution in [0.3, 0.4) is 0 Å². The van der Waals surface area contributed by atoms with Crippen LogP contribution in [0.1, 0.15) is 11.6 Å². The molecule has 8 heteroatoms. The van der Waals surface area contributed by atoms with Crippen LogP contribution < -0.4 is 0 Å². The molecular weight excluding hydrogens is 363 g/mol. The Kier molecular flexibility index (Phi) is 4.18. The topological polar surface area (TPSA) is 109 Å². The fourth-order valence-electron chi connectivity index (χ4n) is 2.82. The molecule has 0 saturated heterocycles. The van der Waals surface area contributed by atoms with Gasteiger partial charge in [-0.25, -0.2) is 9.37 Å². The van der Waals surface area contributed by atoms with Gasteiger partial charge in [-0.1, -0.05) is 12.1 Å². The Hall–Kier alpha value is -4.25. The minimum absolute atomic E-state index is 0.147. The second kappa shape index (κ2) is 6.81. The molecule has 0 aliphatic rings. The number of aromatic amines is 1. The van der Waals surface area contributed by atoms with Crippen molar-refractivity contribution in [2.45, 2.75) is 0 Å². The average molecular weight is 374 g/mol. The first-order valence-electron chi connectivity index (χ1n) is 8.16. The SMILES string of the molecule is N#C/C(=C/c1ccc(-c2ccc(F)cc2[N+](=O)[O-])o1)c1nc2ccccc2[nH]1. The number of para-hydroxylation sites is 2. The first-order chi connectivity index (χ1) is 13.5. The summed E-state index contributed by atoms with van der Waals surface area (Å²) < 4.78 is 19.0. The highest BCUT2D eigenvalue weighted by molar-refractivity contribution is 5.89. The lowest BCUT2D eigenvalue weighted by molar-refractivity contribution is -0.384. The van der Waals surface area contributed by atoms with Gasteiger partial charge in [0.25, 0.3) is 5.69 Å². The molecule has 0 spiro atoms. The summed E-state index contributed by atoms with van der Waals surface area (Å²) in [5.41, 5.74) is 1.50. The highest BCUT2D eigenvalue weighted by Gasteiger charge is 2.19. The maximum absolute atomic E-state index is 13.3. The van der Waals surface area contributed by atoms with E-state index in [9.17, 15) is 19.8 Å². The predicted octanol–water partition coefficient (Wildman–Crippen LogP) is 4.93. The average Bonchev–Trinajstić information content (AvgIpc) is 3.32. The molecule has 4 rings (SSSR count). The number of fused-ring (bicyclic) bond motifs is 1. The summed E-state index contributed by atoms with van der Waals surface area (Å²) >= 11 is 0. The van der Waals surface area contributed by atoms with Gasteiger partial charge in [0, 0.05) is 6.08 Å². The van der Waals surface area contributed by atoms with Crippen molar-refractivity contribution in [1.82, 2.24) is 9.97 Å². The van der Waals surface area contributed by atoms with Crippen LogP contribution in [0.4, 0.5) is 10.1 Å². The van der Waals surface area contributed by atoms with E-state index in [2.05, 4.69) is 16.0 Å². The van der Waals surface area contributed by atoms with Crippen molar-refractivity contribution < 1.29 is 13.7 Å². The molecule has 4 aromatic rings. The molecule has 2 aromatic heterocycles. The van der Waals surface area contributed by atoms with Crippen molar-refractivity contribution in [3.8, 4) is 17.4 Å². The Balaban J connectivity index is 1.73. The smallest absolute Gasteiger partial charge is 0.283 e. The molecular formula is C20H11FN4O3. The third-order valence-electron chi connectivity index (χ3n) is 4.10. The van der Waals surface area contributed by atoms with Crippen LogP contribution in [0.5, 0.6) is 0 Å². The summed E-state index contributed by atoms with van der Waals surface area (Å²) in [5, 5.41) is 20.7. The molecule has 0 aliphatic heterocycles. The van der Waals surface area contributed by atoms with Crippen LogP contribution in [-0.4, -0.2) is 14.9 Å². The molecule has 0 amide bonds. The molecule has 136 valence electrons. The first kappa shape index (κ1) is 17.2. The zero-order chi connectivity index (χ0) is 19.7. The maximum atomic E-state index is 13.3. The fraction of sp³-hybridized carbons (Fsp3) is 0. The van der Waals surface area contributed by atoms with Crippen molar-refractivity contribution in [1.29, 1.82) is 5.26 Å². The summed E-state index contributed by atoms with van der Waals surface area (Å²) in [7, 11) is 0. The van der Waals surface area contributed by atoms with Crippen LogP contribution in [0.15, 0.2) is 59.0 Å². The summed E-state index contributed by atoms with van der Waals surface area (Å²) in [6.07, 6.45) is 1.48. The highest BCUT2D eigenvalue weighted by Crippen LogP contribution is 2.32. The molecule has 1 N–H and O–H groups in total. The van der Waals surface area contributed by atoms with Crippen LogP contribution in [0.25, 0.3) is 34.0 Å². The molecule has 0 bridgehead atoms. The van der Waals surface area contributed by atoms with E-state index in [0.717, 1.165) is 23.2 Å². The number of furan rings is 1. The van der Waals surface area contributed by atoms with Gasteiger partial charge < -0.3 is 9.40 Å². The fourth-order valence-corrected chi connectivity index (χ4v) is 2.82. The number of nitriles is 1. The van der Waals surface area contributed by atoms with Gasteiger partial charge >= 0.3 is 0 Å². The summed E-state index contributed by atoms with van der Waals surface area (Å²) in [6, 6.07) is 15.8. The Labute approximate surface area is 157 Å². The number of benzene rings is 2. The van der Waals surface area contributed by atoms with Crippen LogP contribution in [-0.2, 0) is 0 Å². The monoisotopic (exact) mass is 374 g/mol. The quantitative estimate of drug-likeness (QED) is 0.309. The minimum Gasteiger partial charge on any atom is -0.456 e. The van der Waals surface area contributed by atoms with E-state index >= 15 is 0 Å². The zero-order valence-corrected chi connectivity index (χ0v) is 14.2. The third-order valence-corrected chi connectivity index (χ3v) is 4.10. The number of hydrogen-bond donors (Lipinski definition) is 1. The lowest BCUT2D eigenvalue weighted by Gasteiger charge is -1.99. The number of imidazole rings is 1. The van der Waals surface area contributed by atoms with Gasteiger partial charge in [0.2, 0.25) is 0 Å². The normalized spacial score (nSPS) is 11.5. The number of nitro benzene ring substituents is 1. The predicted molar refractivity (Wildman–Crippen MR) is 100 cm³/mol. The molecule has 0 atom stereocenters. The molecule has 0 fully saturated rings. The number of halogens is 1. The van der Waals surface area contributed by atoms with Crippen molar-refractivity contribution in [3.63, 3.8) is 0 Å². The number of nitrogens with one attached hydrogen (secondary N) is 1. The second-order valence-corrected chi connectivity index (χ2v) is 5.89. The van der Waals surface area contributed by atoms with E-state index in [4.69, 9.17) is 4.42 Å². The number of rotatable bonds is 4. The van der Waals surface area contributed by atoms with Gasteiger partial charge in [-0.15, -0.1) is 0 Å². The molecule has 2 heterocycles. The number of nitro groups is 1. The van der Waals surface area contributed by atoms with Gasteiger partial charge in [0.05, 0.1) is 33.2 Å². The molecule has 2 aromatic carbocycles. The van der Waals surface area contributed by atoms with Crippen molar-refractivity contribution in [3.05, 3.63) is 82.1 Å². The molecule has 28 heavy (non-hydrogen) atoms. The summed E-state index contributed by atoms with van der Waals surface area (Å²) in [4.78, 5) is 17.9. The molecule has 0 unspecified atom stereocenters. The maximum Gasteiger partial charge on any atom is 0.283 e. The molecule has 0 aliphatic carbocycles. The van der Waals surface area contributed by atoms with Gasteiger partial charge in [0.15, 0.2) is 0 Å². The Morgan fingerprint density at radius 2 is 2.07 bits per heavy atom. The van der Waals surface area contributed by atoms with Crippen LogP contribution in [0.2, 0.25) is 0 Å². The van der Waals surface area contributed by atoms with E-state index in [1.165, 1.54) is 18.2 Å². The van der Waals surface area contributed by atoms with Crippen molar-refractivity contribution >= 4 is 28.4 Å². The van der Waals surface area contributed by atoms with E-state index in [1.807, 2.05) is 24.3 Å². The standard InChI is InChI=1S/C20H11FN4O3/c21-13-5-7-15(18(10-13)25(26)27)19-8-6-14(28-19)9-12(11-22)20-23-16-3-1-2-4-17(16)24-20/h1-10H,(H,23,24)/b12-9-. The van der Waals surface area contributed by atoms with E-state index in [0.29, 0.717) is 11.6 Å². The zero-order valence-electron chi connectivity index (χ0n) is 14.2. The highest BCUT2D eigenvalue weighted by atomic mass is 19.1. The Morgan fingerprint density at radius 3 is 2.82 bits per heavy atom. The Bertz CT molecular complexity index is 1250. The molecule has 0 saturated carbocycles. The summed E-state index contributed by atoms with van der Waals surface area (Å²) in [6.45, 7) is 0. The van der Waals surface area contributed by atoms with Gasteiger partial charge in [-0.3, -0.25) is 10.1 Å². The van der Waals surface area contributed by atoms with Crippen LogP contribution >= 0.6 is 0 Å². The number of hydrogen-bond acceptors (Lipinski definition) is 5. The van der Waals surface area contributed by atoms with E-state index in [-0.39, 0.29) is 16.9 Å². The number of nitrogens with zero attached hydrogens (tertiary/aromatic N) is 3. The van der Waals surface area contributed by atoms with Crippen LogP contribution in [0, 0.1) is 27.3 Å². The minimum atomic E-state index is -0.709. The lowest BCUT2D eigenvalue weighted by Crippen LogP contribution is -1.92. The molecule has 7 nitrogen and oxygen atoms in total. The van der Waals surface area contributed by atoms with Crippen molar-refractivity contribution in [2.24, 2.45) is 0 Å². The molecule has 0 radical (unpaired) electrons. The summed E-state index contributed by atoms with van der Waals surface area (Å²) in [5.74, 6) is 0.179. The van der Waals surface area contributed by atoms with Crippen molar-refractivity contribution in [2.75, 3.05) is 0 Å². The number of H-pyrrole nitrogens is 1. The van der Waals surface area contributed by atoms with Gasteiger partial charge in [0.1, 0.15) is 29.2 Å². The number of allylic oxidation sites excluding steroid dienone is 1. The Morgan fingerprint density at radius 1 is 1.25 bits per heavy atom.